The SMILES string of the molecule is O[C@H]1CCNC[C@@H]1NC1CCCCC1. The van der Waals surface area contributed by atoms with Gasteiger partial charge in [-0.25, -0.2) is 0 Å². The van der Waals surface area contributed by atoms with E-state index in [4.69, 9.17) is 0 Å². The number of hydrogen-bond donors (Lipinski definition) is 3. The second-order valence-corrected chi connectivity index (χ2v) is 4.67. The van der Waals surface area contributed by atoms with Crippen molar-refractivity contribution in [1.29, 1.82) is 0 Å². The zero-order chi connectivity index (χ0) is 9.80. The Hall–Kier alpha value is -0.120. The Bertz CT molecular complexity index is 169. The van der Waals surface area contributed by atoms with Crippen molar-refractivity contribution in [1.82, 2.24) is 10.6 Å². The number of aliphatic hydroxyl groups excluding tert-OH is 1. The van der Waals surface area contributed by atoms with Crippen molar-refractivity contribution < 1.29 is 5.11 Å². The fourth-order valence-electron chi connectivity index (χ4n) is 2.59. The highest BCUT2D eigenvalue weighted by molar-refractivity contribution is 4.86. The van der Waals surface area contributed by atoms with Gasteiger partial charge < -0.3 is 15.7 Å². The summed E-state index contributed by atoms with van der Waals surface area (Å²) in [4.78, 5) is 0. The van der Waals surface area contributed by atoms with E-state index < -0.39 is 0 Å². The normalized spacial score (nSPS) is 35.8. The molecule has 2 atom stereocenters. The molecule has 1 aliphatic heterocycles. The van der Waals surface area contributed by atoms with Gasteiger partial charge in [0.15, 0.2) is 0 Å². The fraction of sp³-hybridized carbons (Fsp3) is 1.00. The first-order valence-corrected chi connectivity index (χ1v) is 6.01. The number of piperidine rings is 1. The van der Waals surface area contributed by atoms with Gasteiger partial charge in [-0.1, -0.05) is 19.3 Å². The summed E-state index contributed by atoms with van der Waals surface area (Å²) in [7, 11) is 0. The predicted octanol–water partition coefficient (Wildman–Crippen LogP) is 0.631. The van der Waals surface area contributed by atoms with E-state index in [1.807, 2.05) is 0 Å². The molecule has 82 valence electrons. The monoisotopic (exact) mass is 198 g/mol. The van der Waals surface area contributed by atoms with Crippen LogP contribution in [-0.4, -0.2) is 36.4 Å². The van der Waals surface area contributed by atoms with E-state index in [9.17, 15) is 5.11 Å². The molecule has 2 aliphatic rings. The first kappa shape index (κ1) is 10.4. The topological polar surface area (TPSA) is 44.3 Å². The molecule has 0 radical (unpaired) electrons. The maximum absolute atomic E-state index is 9.80. The lowest BCUT2D eigenvalue weighted by Gasteiger charge is -2.34. The fourth-order valence-corrected chi connectivity index (χ4v) is 2.59. The van der Waals surface area contributed by atoms with E-state index in [1.54, 1.807) is 0 Å². The van der Waals surface area contributed by atoms with E-state index in [0.717, 1.165) is 19.5 Å². The summed E-state index contributed by atoms with van der Waals surface area (Å²) < 4.78 is 0. The minimum Gasteiger partial charge on any atom is -0.391 e. The van der Waals surface area contributed by atoms with Gasteiger partial charge in [-0.15, -0.1) is 0 Å². The van der Waals surface area contributed by atoms with Crippen LogP contribution in [0, 0.1) is 0 Å². The summed E-state index contributed by atoms with van der Waals surface area (Å²) in [5.41, 5.74) is 0. The minimum atomic E-state index is -0.141. The molecule has 1 heterocycles. The second-order valence-electron chi connectivity index (χ2n) is 4.67. The Kier molecular flexibility index (Phi) is 3.79. The standard InChI is InChI=1S/C11H22N2O/c14-11-6-7-12-8-10(11)13-9-4-2-1-3-5-9/h9-14H,1-8H2/t10-,11-/m0/s1. The molecular weight excluding hydrogens is 176 g/mol. The van der Waals surface area contributed by atoms with Crippen LogP contribution in [0.5, 0.6) is 0 Å². The molecule has 1 saturated carbocycles. The van der Waals surface area contributed by atoms with Gasteiger partial charge in [0.05, 0.1) is 6.10 Å². The van der Waals surface area contributed by atoms with Crippen molar-refractivity contribution in [2.45, 2.75) is 56.7 Å². The second kappa shape index (κ2) is 5.10. The van der Waals surface area contributed by atoms with Crippen LogP contribution < -0.4 is 10.6 Å². The Morgan fingerprint density at radius 2 is 1.86 bits per heavy atom. The van der Waals surface area contributed by atoms with Gasteiger partial charge in [0.25, 0.3) is 0 Å². The summed E-state index contributed by atoms with van der Waals surface area (Å²) in [6.07, 6.45) is 7.45. The Morgan fingerprint density at radius 1 is 1.07 bits per heavy atom. The number of nitrogens with one attached hydrogen (secondary N) is 2. The molecule has 3 nitrogen and oxygen atoms in total. The highest BCUT2D eigenvalue weighted by Crippen LogP contribution is 2.18. The van der Waals surface area contributed by atoms with Gasteiger partial charge in [0, 0.05) is 18.6 Å². The minimum absolute atomic E-state index is 0.141. The van der Waals surface area contributed by atoms with Crippen LogP contribution in [0.15, 0.2) is 0 Å². The average molecular weight is 198 g/mol. The first-order chi connectivity index (χ1) is 6.86. The molecule has 3 N–H and O–H groups in total. The zero-order valence-electron chi connectivity index (χ0n) is 8.84. The van der Waals surface area contributed by atoms with Crippen molar-refractivity contribution in [3.8, 4) is 0 Å². The van der Waals surface area contributed by atoms with Gasteiger partial charge in [-0.2, -0.15) is 0 Å². The molecule has 0 aromatic rings. The molecular formula is C11H22N2O. The molecule has 2 rings (SSSR count). The van der Waals surface area contributed by atoms with Gasteiger partial charge in [-0.3, -0.25) is 0 Å². The van der Waals surface area contributed by atoms with Crippen LogP contribution in [0.3, 0.4) is 0 Å². The molecule has 2 fully saturated rings. The van der Waals surface area contributed by atoms with Crippen molar-refractivity contribution in [2.24, 2.45) is 0 Å². The summed E-state index contributed by atoms with van der Waals surface area (Å²) in [5.74, 6) is 0. The van der Waals surface area contributed by atoms with Gasteiger partial charge in [-0.05, 0) is 25.8 Å². The molecule has 1 saturated heterocycles. The molecule has 14 heavy (non-hydrogen) atoms. The van der Waals surface area contributed by atoms with Crippen molar-refractivity contribution >= 4 is 0 Å². The van der Waals surface area contributed by atoms with Gasteiger partial charge >= 0.3 is 0 Å². The number of hydrogen-bond acceptors (Lipinski definition) is 3. The summed E-state index contributed by atoms with van der Waals surface area (Å²) in [6, 6.07) is 0.940. The van der Waals surface area contributed by atoms with E-state index in [-0.39, 0.29) is 12.1 Å². The molecule has 0 aromatic carbocycles. The molecule has 0 unspecified atom stereocenters. The van der Waals surface area contributed by atoms with Crippen LogP contribution in [0.4, 0.5) is 0 Å². The highest BCUT2D eigenvalue weighted by Gasteiger charge is 2.25. The van der Waals surface area contributed by atoms with Crippen molar-refractivity contribution in [2.75, 3.05) is 13.1 Å². The van der Waals surface area contributed by atoms with Gasteiger partial charge in [0.2, 0.25) is 0 Å². The lowest BCUT2D eigenvalue weighted by molar-refractivity contribution is 0.0897. The first-order valence-electron chi connectivity index (χ1n) is 6.01. The molecule has 0 aromatic heterocycles. The maximum atomic E-state index is 9.80. The third kappa shape index (κ3) is 2.69. The molecule has 0 spiro atoms. The average Bonchev–Trinajstić information content (AvgIpc) is 2.23. The van der Waals surface area contributed by atoms with Crippen LogP contribution in [0.2, 0.25) is 0 Å². The zero-order valence-corrected chi connectivity index (χ0v) is 8.84. The summed E-state index contributed by atoms with van der Waals surface area (Å²) in [6.45, 7) is 1.89. The lowest BCUT2D eigenvalue weighted by Crippen LogP contribution is -2.55. The van der Waals surface area contributed by atoms with E-state index in [0.29, 0.717) is 6.04 Å². The molecule has 3 heteroatoms. The van der Waals surface area contributed by atoms with Crippen molar-refractivity contribution in [3.63, 3.8) is 0 Å². The molecule has 1 aliphatic carbocycles. The van der Waals surface area contributed by atoms with Gasteiger partial charge in [0.1, 0.15) is 0 Å². The lowest BCUT2D eigenvalue weighted by atomic mass is 9.93. The molecule has 0 bridgehead atoms. The third-order valence-electron chi connectivity index (χ3n) is 3.50. The van der Waals surface area contributed by atoms with E-state index in [1.165, 1.54) is 32.1 Å². The van der Waals surface area contributed by atoms with Crippen LogP contribution in [-0.2, 0) is 0 Å². The Morgan fingerprint density at radius 3 is 2.57 bits per heavy atom. The maximum Gasteiger partial charge on any atom is 0.0717 e. The molecule has 0 amide bonds. The smallest absolute Gasteiger partial charge is 0.0717 e. The quantitative estimate of drug-likeness (QED) is 0.610. The van der Waals surface area contributed by atoms with Crippen molar-refractivity contribution in [3.05, 3.63) is 0 Å². The van der Waals surface area contributed by atoms with E-state index in [2.05, 4.69) is 10.6 Å². The Balaban J connectivity index is 1.76. The predicted molar refractivity (Wildman–Crippen MR) is 57.3 cm³/mol. The van der Waals surface area contributed by atoms with Crippen LogP contribution >= 0.6 is 0 Å². The Labute approximate surface area is 86.3 Å². The number of aliphatic hydroxyl groups is 1. The summed E-state index contributed by atoms with van der Waals surface area (Å²) in [5, 5.41) is 16.7. The largest absolute Gasteiger partial charge is 0.391 e. The van der Waals surface area contributed by atoms with Crippen LogP contribution in [0.1, 0.15) is 38.5 Å². The third-order valence-corrected chi connectivity index (χ3v) is 3.50. The van der Waals surface area contributed by atoms with E-state index >= 15 is 0 Å². The number of rotatable bonds is 2. The highest BCUT2D eigenvalue weighted by atomic mass is 16.3. The summed E-state index contributed by atoms with van der Waals surface area (Å²) >= 11 is 0. The van der Waals surface area contributed by atoms with Crippen LogP contribution in [0.25, 0.3) is 0 Å².